The summed E-state index contributed by atoms with van der Waals surface area (Å²) in [5.41, 5.74) is 5.30. The van der Waals surface area contributed by atoms with E-state index in [4.69, 9.17) is 5.73 Å². The maximum atomic E-state index is 12.4. The molecule has 1 saturated carbocycles. The van der Waals surface area contributed by atoms with Gasteiger partial charge in [-0.25, -0.2) is 8.42 Å². The monoisotopic (exact) mass is 304 g/mol. The van der Waals surface area contributed by atoms with Crippen molar-refractivity contribution in [3.8, 4) is 0 Å². The van der Waals surface area contributed by atoms with Gasteiger partial charge in [0.05, 0.1) is 10.7 Å². The molecule has 0 aliphatic heterocycles. The molecule has 6 heteroatoms. The smallest absolute Gasteiger partial charge is 0.227 e. The van der Waals surface area contributed by atoms with Crippen LogP contribution in [0, 0.1) is 5.41 Å². The van der Waals surface area contributed by atoms with E-state index in [0.29, 0.717) is 19.4 Å². The Labute approximate surface area is 122 Å². The van der Waals surface area contributed by atoms with Gasteiger partial charge in [-0.2, -0.15) is 0 Å². The second-order valence-electron chi connectivity index (χ2n) is 5.97. The summed E-state index contributed by atoms with van der Waals surface area (Å²) in [6.45, 7) is 4.32. The van der Waals surface area contributed by atoms with Crippen LogP contribution in [0.4, 0.5) is 0 Å². The van der Waals surface area contributed by atoms with Crippen LogP contribution >= 0.6 is 0 Å². The van der Waals surface area contributed by atoms with Crippen molar-refractivity contribution in [2.75, 3.05) is 12.8 Å². The molecular weight excluding hydrogens is 276 g/mol. The fourth-order valence-corrected chi connectivity index (χ4v) is 4.05. The van der Waals surface area contributed by atoms with Gasteiger partial charge in [-0.15, -0.1) is 0 Å². The molecule has 0 heterocycles. The summed E-state index contributed by atoms with van der Waals surface area (Å²) in [7, 11) is -2.95. The first-order chi connectivity index (χ1) is 9.29. The zero-order valence-corrected chi connectivity index (χ0v) is 13.6. The van der Waals surface area contributed by atoms with E-state index < -0.39 is 15.3 Å². The summed E-state index contributed by atoms with van der Waals surface area (Å²) in [6.07, 6.45) is 5.49. The molecule has 0 saturated heterocycles. The molecule has 0 radical (unpaired) electrons. The number of amides is 1. The molecule has 0 spiro atoms. The van der Waals surface area contributed by atoms with Crippen molar-refractivity contribution in [3.05, 3.63) is 0 Å². The van der Waals surface area contributed by atoms with E-state index in [-0.39, 0.29) is 17.2 Å². The fraction of sp³-hybridized carbons (Fsp3) is 0.929. The van der Waals surface area contributed by atoms with Gasteiger partial charge in [-0.05, 0) is 38.5 Å². The van der Waals surface area contributed by atoms with E-state index in [1.54, 1.807) is 0 Å². The summed E-state index contributed by atoms with van der Waals surface area (Å²) < 4.78 is 23.0. The summed E-state index contributed by atoms with van der Waals surface area (Å²) in [6, 6.07) is 0.0875. The Hall–Kier alpha value is -0.620. The number of rotatable bonds is 6. The second kappa shape index (κ2) is 6.89. The van der Waals surface area contributed by atoms with Crippen LogP contribution in [0.1, 0.15) is 52.4 Å². The Kier molecular flexibility index (Phi) is 6.01. The largest absolute Gasteiger partial charge is 0.353 e. The van der Waals surface area contributed by atoms with Gasteiger partial charge < -0.3 is 11.1 Å². The maximum absolute atomic E-state index is 12.4. The Bertz CT molecular complexity index is 413. The molecule has 0 bridgehead atoms. The maximum Gasteiger partial charge on any atom is 0.227 e. The van der Waals surface area contributed by atoms with Crippen molar-refractivity contribution >= 4 is 15.7 Å². The molecule has 1 aliphatic rings. The Morgan fingerprint density at radius 3 is 2.05 bits per heavy atom. The average Bonchev–Trinajstić information content (AvgIpc) is 2.41. The highest BCUT2D eigenvalue weighted by atomic mass is 32.2. The standard InChI is InChI=1S/C14H28N2O3S/c1-4-14(5-2,10-15)13(17)16-11-6-8-12(9-7-11)20(3,18)19/h11-12H,4-10,15H2,1-3H3,(H,16,17). The third-order valence-electron chi connectivity index (χ3n) is 4.84. The van der Waals surface area contributed by atoms with Gasteiger partial charge in [0, 0.05) is 18.8 Å². The number of carbonyl (C=O) groups is 1. The lowest BCUT2D eigenvalue weighted by Crippen LogP contribution is -2.50. The summed E-state index contributed by atoms with van der Waals surface area (Å²) in [5, 5.41) is 2.83. The number of nitrogens with one attached hydrogen (secondary N) is 1. The molecule has 0 aromatic rings. The lowest BCUT2D eigenvalue weighted by Gasteiger charge is -2.33. The predicted molar refractivity (Wildman–Crippen MR) is 81.1 cm³/mol. The second-order valence-corrected chi connectivity index (χ2v) is 8.29. The molecule has 1 aliphatic carbocycles. The van der Waals surface area contributed by atoms with Crippen LogP contribution in [0.25, 0.3) is 0 Å². The average molecular weight is 304 g/mol. The molecular formula is C14H28N2O3S. The first kappa shape index (κ1) is 17.4. The molecule has 5 nitrogen and oxygen atoms in total. The number of hydrogen-bond acceptors (Lipinski definition) is 4. The first-order valence-corrected chi connectivity index (χ1v) is 9.44. The van der Waals surface area contributed by atoms with Crippen LogP contribution in [-0.4, -0.2) is 38.4 Å². The minimum Gasteiger partial charge on any atom is -0.353 e. The molecule has 1 fully saturated rings. The zero-order chi connectivity index (χ0) is 15.4. The van der Waals surface area contributed by atoms with E-state index in [2.05, 4.69) is 5.32 Å². The minimum absolute atomic E-state index is 0.0211. The van der Waals surface area contributed by atoms with Crippen LogP contribution < -0.4 is 11.1 Å². The summed E-state index contributed by atoms with van der Waals surface area (Å²) in [5.74, 6) is 0.0211. The van der Waals surface area contributed by atoms with E-state index >= 15 is 0 Å². The number of nitrogens with two attached hydrogens (primary N) is 1. The fourth-order valence-electron chi connectivity index (χ4n) is 2.93. The molecule has 1 amide bonds. The summed E-state index contributed by atoms with van der Waals surface area (Å²) >= 11 is 0. The summed E-state index contributed by atoms with van der Waals surface area (Å²) in [4.78, 5) is 12.4. The number of carbonyl (C=O) groups excluding carboxylic acids is 1. The highest BCUT2D eigenvalue weighted by Crippen LogP contribution is 2.28. The van der Waals surface area contributed by atoms with Crippen LogP contribution in [0.2, 0.25) is 0 Å². The van der Waals surface area contributed by atoms with Crippen LogP contribution in [0.3, 0.4) is 0 Å². The SMILES string of the molecule is CCC(CC)(CN)C(=O)NC1CCC(S(C)(=O)=O)CC1. The first-order valence-electron chi connectivity index (χ1n) is 7.49. The molecule has 0 aromatic carbocycles. The van der Waals surface area contributed by atoms with Gasteiger partial charge in [0.2, 0.25) is 5.91 Å². The molecule has 3 N–H and O–H groups in total. The highest BCUT2D eigenvalue weighted by molar-refractivity contribution is 7.91. The van der Waals surface area contributed by atoms with Gasteiger partial charge in [0.1, 0.15) is 9.84 Å². The topological polar surface area (TPSA) is 89.3 Å². The Balaban J connectivity index is 2.58. The van der Waals surface area contributed by atoms with E-state index in [0.717, 1.165) is 25.7 Å². The zero-order valence-electron chi connectivity index (χ0n) is 12.8. The van der Waals surface area contributed by atoms with Crippen molar-refractivity contribution in [2.24, 2.45) is 11.1 Å². The molecule has 118 valence electrons. The van der Waals surface area contributed by atoms with E-state index in [9.17, 15) is 13.2 Å². The van der Waals surface area contributed by atoms with Crippen molar-refractivity contribution in [1.82, 2.24) is 5.32 Å². The van der Waals surface area contributed by atoms with E-state index in [1.807, 2.05) is 13.8 Å². The lowest BCUT2D eigenvalue weighted by molar-refractivity contribution is -0.132. The third kappa shape index (κ3) is 3.95. The molecule has 0 aromatic heterocycles. The minimum atomic E-state index is -2.95. The van der Waals surface area contributed by atoms with Crippen molar-refractivity contribution in [3.63, 3.8) is 0 Å². The number of sulfone groups is 1. The predicted octanol–water partition coefficient (Wildman–Crippen LogP) is 1.22. The quantitative estimate of drug-likeness (QED) is 0.772. The molecule has 20 heavy (non-hydrogen) atoms. The van der Waals surface area contributed by atoms with Gasteiger partial charge >= 0.3 is 0 Å². The van der Waals surface area contributed by atoms with Gasteiger partial charge in [-0.3, -0.25) is 4.79 Å². The van der Waals surface area contributed by atoms with Crippen LogP contribution in [0.15, 0.2) is 0 Å². The normalized spacial score (nSPS) is 24.4. The third-order valence-corrected chi connectivity index (χ3v) is 6.52. The highest BCUT2D eigenvalue weighted by Gasteiger charge is 2.36. The molecule has 0 unspecified atom stereocenters. The Morgan fingerprint density at radius 1 is 1.20 bits per heavy atom. The van der Waals surface area contributed by atoms with Gasteiger partial charge in [0.25, 0.3) is 0 Å². The Morgan fingerprint density at radius 2 is 1.70 bits per heavy atom. The van der Waals surface area contributed by atoms with Gasteiger partial charge in [0.15, 0.2) is 0 Å². The number of hydrogen-bond donors (Lipinski definition) is 2. The van der Waals surface area contributed by atoms with E-state index in [1.165, 1.54) is 6.26 Å². The van der Waals surface area contributed by atoms with Crippen molar-refractivity contribution in [1.29, 1.82) is 0 Å². The van der Waals surface area contributed by atoms with Crippen LogP contribution in [-0.2, 0) is 14.6 Å². The molecule has 0 atom stereocenters. The lowest BCUT2D eigenvalue weighted by atomic mass is 9.81. The molecule has 1 rings (SSSR count). The van der Waals surface area contributed by atoms with Crippen molar-refractivity contribution in [2.45, 2.75) is 63.7 Å². The van der Waals surface area contributed by atoms with Crippen molar-refractivity contribution < 1.29 is 13.2 Å². The van der Waals surface area contributed by atoms with Gasteiger partial charge in [-0.1, -0.05) is 13.8 Å². The van der Waals surface area contributed by atoms with Crippen LogP contribution in [0.5, 0.6) is 0 Å².